The SMILES string of the molecule is CCC(N)Cc1cccc(Cl)c1OCc1cncs1. The van der Waals surface area contributed by atoms with Crippen LogP contribution in [0.2, 0.25) is 5.02 Å². The van der Waals surface area contributed by atoms with Crippen molar-refractivity contribution >= 4 is 22.9 Å². The van der Waals surface area contributed by atoms with Crippen LogP contribution in [0.4, 0.5) is 0 Å². The molecule has 0 radical (unpaired) electrons. The van der Waals surface area contributed by atoms with E-state index in [1.165, 1.54) is 0 Å². The van der Waals surface area contributed by atoms with Crippen LogP contribution < -0.4 is 10.5 Å². The van der Waals surface area contributed by atoms with Crippen LogP contribution in [-0.4, -0.2) is 11.0 Å². The van der Waals surface area contributed by atoms with Crippen LogP contribution in [-0.2, 0) is 13.0 Å². The van der Waals surface area contributed by atoms with Crippen molar-refractivity contribution in [3.8, 4) is 5.75 Å². The molecule has 3 nitrogen and oxygen atoms in total. The lowest BCUT2D eigenvalue weighted by Crippen LogP contribution is -2.21. The van der Waals surface area contributed by atoms with Gasteiger partial charge in [0.05, 0.1) is 15.4 Å². The summed E-state index contributed by atoms with van der Waals surface area (Å²) < 4.78 is 5.84. The highest BCUT2D eigenvalue weighted by Crippen LogP contribution is 2.30. The molecule has 2 rings (SSSR count). The second kappa shape index (κ2) is 6.89. The third-order valence-corrected chi connectivity index (χ3v) is 3.95. The lowest BCUT2D eigenvalue weighted by molar-refractivity contribution is 0.305. The summed E-state index contributed by atoms with van der Waals surface area (Å²) in [6, 6.07) is 5.91. The zero-order valence-corrected chi connectivity index (χ0v) is 12.4. The molecule has 1 aromatic heterocycles. The van der Waals surface area contributed by atoms with E-state index in [0.717, 1.165) is 29.0 Å². The van der Waals surface area contributed by atoms with Crippen molar-refractivity contribution in [2.45, 2.75) is 32.4 Å². The predicted molar refractivity (Wildman–Crippen MR) is 79.9 cm³/mol. The molecule has 102 valence electrons. The molecule has 0 aliphatic carbocycles. The van der Waals surface area contributed by atoms with Gasteiger partial charge in [-0.2, -0.15) is 0 Å². The van der Waals surface area contributed by atoms with Gasteiger partial charge in [0.25, 0.3) is 0 Å². The van der Waals surface area contributed by atoms with E-state index in [1.54, 1.807) is 23.0 Å². The van der Waals surface area contributed by atoms with Crippen molar-refractivity contribution in [1.29, 1.82) is 0 Å². The fourth-order valence-electron chi connectivity index (χ4n) is 1.76. The van der Waals surface area contributed by atoms with Crippen molar-refractivity contribution in [2.24, 2.45) is 5.73 Å². The van der Waals surface area contributed by atoms with E-state index in [1.807, 2.05) is 18.2 Å². The molecule has 5 heteroatoms. The Bertz CT molecular complexity index is 516. The van der Waals surface area contributed by atoms with E-state index < -0.39 is 0 Å². The second-order valence-electron chi connectivity index (χ2n) is 4.36. The van der Waals surface area contributed by atoms with Crippen LogP contribution in [0.5, 0.6) is 5.75 Å². The molecule has 1 heterocycles. The fraction of sp³-hybridized carbons (Fsp3) is 0.357. The average Bonchev–Trinajstić information content (AvgIpc) is 2.91. The number of thiazole rings is 1. The third-order valence-electron chi connectivity index (χ3n) is 2.90. The number of hydrogen-bond donors (Lipinski definition) is 1. The molecular formula is C14H17ClN2OS. The van der Waals surface area contributed by atoms with Gasteiger partial charge < -0.3 is 10.5 Å². The summed E-state index contributed by atoms with van der Waals surface area (Å²) in [7, 11) is 0. The number of rotatable bonds is 6. The molecule has 0 spiro atoms. The summed E-state index contributed by atoms with van der Waals surface area (Å²) in [6.45, 7) is 2.57. The Morgan fingerprint density at radius 2 is 2.32 bits per heavy atom. The highest BCUT2D eigenvalue weighted by molar-refractivity contribution is 7.09. The molecule has 0 saturated carbocycles. The third kappa shape index (κ3) is 3.93. The van der Waals surface area contributed by atoms with Gasteiger partial charge in [0, 0.05) is 12.2 Å². The number of nitrogens with two attached hydrogens (primary N) is 1. The van der Waals surface area contributed by atoms with Gasteiger partial charge in [0.2, 0.25) is 0 Å². The smallest absolute Gasteiger partial charge is 0.141 e. The first-order valence-electron chi connectivity index (χ1n) is 6.23. The van der Waals surface area contributed by atoms with Gasteiger partial charge in [-0.05, 0) is 24.5 Å². The van der Waals surface area contributed by atoms with Crippen LogP contribution in [0, 0.1) is 0 Å². The molecule has 0 aliphatic heterocycles. The van der Waals surface area contributed by atoms with E-state index in [4.69, 9.17) is 22.1 Å². The highest BCUT2D eigenvalue weighted by Gasteiger charge is 2.11. The molecular weight excluding hydrogens is 280 g/mol. The number of halogens is 1. The van der Waals surface area contributed by atoms with E-state index in [2.05, 4.69) is 11.9 Å². The van der Waals surface area contributed by atoms with Gasteiger partial charge in [0.15, 0.2) is 0 Å². The molecule has 0 fully saturated rings. The molecule has 0 bridgehead atoms. The van der Waals surface area contributed by atoms with Crippen LogP contribution in [0.1, 0.15) is 23.8 Å². The Morgan fingerprint density at radius 1 is 1.47 bits per heavy atom. The molecule has 2 aromatic rings. The number of benzene rings is 1. The minimum absolute atomic E-state index is 0.129. The minimum Gasteiger partial charge on any atom is -0.486 e. The van der Waals surface area contributed by atoms with Crippen molar-refractivity contribution in [3.05, 3.63) is 45.4 Å². The van der Waals surface area contributed by atoms with Crippen LogP contribution in [0.3, 0.4) is 0 Å². The summed E-state index contributed by atoms with van der Waals surface area (Å²) in [5.41, 5.74) is 8.86. The van der Waals surface area contributed by atoms with Crippen molar-refractivity contribution in [1.82, 2.24) is 4.98 Å². The zero-order valence-electron chi connectivity index (χ0n) is 10.8. The van der Waals surface area contributed by atoms with Crippen LogP contribution in [0.15, 0.2) is 29.9 Å². The molecule has 1 atom stereocenters. The maximum atomic E-state index is 6.22. The van der Waals surface area contributed by atoms with E-state index in [9.17, 15) is 0 Å². The number of para-hydroxylation sites is 1. The van der Waals surface area contributed by atoms with Gasteiger partial charge in [-0.3, -0.25) is 4.98 Å². The van der Waals surface area contributed by atoms with E-state index >= 15 is 0 Å². The second-order valence-corrected chi connectivity index (χ2v) is 5.74. The molecule has 0 aliphatic rings. The van der Waals surface area contributed by atoms with E-state index in [-0.39, 0.29) is 6.04 Å². The number of nitrogens with zero attached hydrogens (tertiary/aromatic N) is 1. The van der Waals surface area contributed by atoms with Crippen LogP contribution in [0.25, 0.3) is 0 Å². The van der Waals surface area contributed by atoms with Gasteiger partial charge in [-0.1, -0.05) is 30.7 Å². The molecule has 1 aromatic carbocycles. The lowest BCUT2D eigenvalue weighted by atomic mass is 10.0. The molecule has 19 heavy (non-hydrogen) atoms. The van der Waals surface area contributed by atoms with Gasteiger partial charge >= 0.3 is 0 Å². The largest absolute Gasteiger partial charge is 0.486 e. The summed E-state index contributed by atoms with van der Waals surface area (Å²) in [5, 5.41) is 0.630. The first kappa shape index (κ1) is 14.3. The predicted octanol–water partition coefficient (Wildman–Crippen LogP) is 3.66. The highest BCUT2D eigenvalue weighted by atomic mass is 35.5. The molecule has 0 saturated heterocycles. The molecule has 1 unspecified atom stereocenters. The Hall–Kier alpha value is -1.10. The van der Waals surface area contributed by atoms with E-state index in [0.29, 0.717) is 11.6 Å². The summed E-state index contributed by atoms with van der Waals surface area (Å²) >= 11 is 7.79. The topological polar surface area (TPSA) is 48.1 Å². The van der Waals surface area contributed by atoms with Crippen molar-refractivity contribution in [2.75, 3.05) is 0 Å². The summed E-state index contributed by atoms with van der Waals surface area (Å²) in [4.78, 5) is 5.10. The Labute approximate surface area is 122 Å². The van der Waals surface area contributed by atoms with Crippen molar-refractivity contribution < 1.29 is 4.74 Å². The molecule has 0 amide bonds. The molecule has 2 N–H and O–H groups in total. The maximum Gasteiger partial charge on any atom is 0.141 e. The van der Waals surface area contributed by atoms with Crippen LogP contribution >= 0.6 is 22.9 Å². The number of ether oxygens (including phenoxy) is 1. The fourth-order valence-corrected chi connectivity index (χ4v) is 2.51. The van der Waals surface area contributed by atoms with Gasteiger partial charge in [-0.15, -0.1) is 11.3 Å². The average molecular weight is 297 g/mol. The first-order chi connectivity index (χ1) is 9.20. The van der Waals surface area contributed by atoms with Gasteiger partial charge in [0.1, 0.15) is 12.4 Å². The quantitative estimate of drug-likeness (QED) is 0.885. The monoisotopic (exact) mass is 296 g/mol. The standard InChI is InChI=1S/C14H17ClN2OS/c1-2-11(16)6-10-4-3-5-13(15)14(10)18-8-12-7-17-9-19-12/h3-5,7,9,11H,2,6,8,16H2,1H3. The number of aromatic nitrogens is 1. The summed E-state index contributed by atoms with van der Waals surface area (Å²) in [6.07, 6.45) is 3.51. The minimum atomic E-state index is 0.129. The maximum absolute atomic E-state index is 6.22. The lowest BCUT2D eigenvalue weighted by Gasteiger charge is -2.15. The first-order valence-corrected chi connectivity index (χ1v) is 7.49. The van der Waals surface area contributed by atoms with Crippen molar-refractivity contribution in [3.63, 3.8) is 0 Å². The normalized spacial score (nSPS) is 12.4. The summed E-state index contributed by atoms with van der Waals surface area (Å²) in [5.74, 6) is 0.737. The van der Waals surface area contributed by atoms with Gasteiger partial charge in [-0.25, -0.2) is 0 Å². The Morgan fingerprint density at radius 3 is 3.00 bits per heavy atom. The zero-order chi connectivity index (χ0) is 13.7. The Kier molecular flexibility index (Phi) is 5.19. The number of hydrogen-bond acceptors (Lipinski definition) is 4. The Balaban J connectivity index is 2.13.